The maximum absolute atomic E-state index is 4.61. The molecular formula is C40H34. The van der Waals surface area contributed by atoms with Crippen LogP contribution in [0.25, 0.3) is 21.9 Å². The molecule has 6 rings (SSSR count). The zero-order valence-electron chi connectivity index (χ0n) is 22.8. The monoisotopic (exact) mass is 514 g/mol. The minimum Gasteiger partial charge on any atom is -0.0915 e. The molecule has 0 nitrogen and oxygen atoms in total. The number of hydrogen-bond donors (Lipinski definition) is 0. The number of hydrogen-bond acceptors (Lipinski definition) is 0. The molecule has 3 atom stereocenters. The van der Waals surface area contributed by atoms with Crippen LogP contribution < -0.4 is 0 Å². The Labute approximate surface area is 238 Å². The van der Waals surface area contributed by atoms with Crippen LogP contribution in [0.15, 0.2) is 176 Å². The number of fused-ring (bicyclic) bond motifs is 2. The van der Waals surface area contributed by atoms with Crippen molar-refractivity contribution in [1.82, 2.24) is 0 Å². The Morgan fingerprint density at radius 2 is 1.38 bits per heavy atom. The van der Waals surface area contributed by atoms with Crippen LogP contribution >= 0.6 is 0 Å². The third-order valence-corrected chi connectivity index (χ3v) is 8.13. The lowest BCUT2D eigenvalue weighted by Gasteiger charge is -2.27. The molecule has 0 fully saturated rings. The van der Waals surface area contributed by atoms with Crippen molar-refractivity contribution in [3.63, 3.8) is 0 Å². The molecule has 0 amide bonds. The lowest BCUT2D eigenvalue weighted by molar-refractivity contribution is 0.678. The first-order chi connectivity index (χ1) is 19.7. The van der Waals surface area contributed by atoms with Crippen LogP contribution in [0.2, 0.25) is 0 Å². The highest BCUT2D eigenvalue weighted by atomic mass is 14.3. The first-order valence-electron chi connectivity index (χ1n) is 14.1. The first-order valence-corrected chi connectivity index (χ1v) is 14.1. The Balaban J connectivity index is 1.48. The molecule has 0 saturated carbocycles. The Bertz CT molecular complexity index is 1700. The molecule has 0 heterocycles. The van der Waals surface area contributed by atoms with Gasteiger partial charge in [0.1, 0.15) is 0 Å². The minimum atomic E-state index is 0.325. The van der Waals surface area contributed by atoms with Crippen molar-refractivity contribution in [3.05, 3.63) is 193 Å². The lowest BCUT2D eigenvalue weighted by Crippen LogP contribution is -2.15. The molecule has 0 spiro atoms. The predicted octanol–water partition coefficient (Wildman–Crippen LogP) is 10.5. The highest BCUT2D eigenvalue weighted by molar-refractivity contribution is 6.00. The van der Waals surface area contributed by atoms with E-state index in [-0.39, 0.29) is 0 Å². The Kier molecular flexibility index (Phi) is 7.42. The molecule has 3 aliphatic carbocycles. The summed E-state index contributed by atoms with van der Waals surface area (Å²) < 4.78 is 0. The fourth-order valence-electron chi connectivity index (χ4n) is 6.03. The molecule has 3 aromatic rings. The number of benzene rings is 2. The van der Waals surface area contributed by atoms with Crippen LogP contribution in [0.5, 0.6) is 0 Å². The Morgan fingerprint density at radius 1 is 0.700 bits per heavy atom. The maximum atomic E-state index is 4.61. The first kappa shape index (κ1) is 25.6. The summed E-state index contributed by atoms with van der Waals surface area (Å²) in [5, 5.41) is 2.41. The molecular weight excluding hydrogens is 480 g/mol. The van der Waals surface area contributed by atoms with E-state index in [4.69, 9.17) is 0 Å². The normalized spacial score (nSPS) is 22.1. The van der Waals surface area contributed by atoms with Gasteiger partial charge in [0.2, 0.25) is 0 Å². The SMILES string of the molecule is C=C1C=CC(c2ccccc2)CC1=CC(=C)c1ccccccc(C2=CC=CC3C=CC=CC23)c2ccccc12. The van der Waals surface area contributed by atoms with Crippen molar-refractivity contribution in [1.29, 1.82) is 0 Å². The van der Waals surface area contributed by atoms with Crippen LogP contribution in [-0.4, -0.2) is 0 Å². The molecule has 0 saturated heterocycles. The largest absolute Gasteiger partial charge is 0.0915 e. The predicted molar refractivity (Wildman–Crippen MR) is 173 cm³/mol. The summed E-state index contributed by atoms with van der Waals surface area (Å²) in [6.07, 6.45) is 23.3. The molecule has 0 heteroatoms. The van der Waals surface area contributed by atoms with Gasteiger partial charge in [-0.2, -0.15) is 0 Å². The van der Waals surface area contributed by atoms with Crippen molar-refractivity contribution in [2.45, 2.75) is 12.3 Å². The third-order valence-electron chi connectivity index (χ3n) is 8.13. The van der Waals surface area contributed by atoms with E-state index >= 15 is 0 Å². The quantitative estimate of drug-likeness (QED) is 0.325. The van der Waals surface area contributed by atoms with E-state index < -0.39 is 0 Å². The second kappa shape index (κ2) is 11.6. The molecule has 0 aliphatic heterocycles. The van der Waals surface area contributed by atoms with E-state index in [0.29, 0.717) is 17.8 Å². The van der Waals surface area contributed by atoms with E-state index in [1.54, 1.807) is 0 Å². The molecule has 0 bridgehead atoms. The summed E-state index contributed by atoms with van der Waals surface area (Å²) in [5.74, 6) is 1.05. The van der Waals surface area contributed by atoms with Crippen molar-refractivity contribution in [2.24, 2.45) is 11.8 Å². The van der Waals surface area contributed by atoms with Gasteiger partial charge in [-0.15, -0.1) is 0 Å². The summed E-state index contributed by atoms with van der Waals surface area (Å²) in [4.78, 5) is 0. The topological polar surface area (TPSA) is 0 Å². The minimum absolute atomic E-state index is 0.325. The van der Waals surface area contributed by atoms with Gasteiger partial charge in [0, 0.05) is 17.8 Å². The van der Waals surface area contributed by atoms with E-state index in [1.807, 2.05) is 0 Å². The van der Waals surface area contributed by atoms with Crippen LogP contribution in [0.3, 0.4) is 0 Å². The van der Waals surface area contributed by atoms with Crippen molar-refractivity contribution >= 4 is 21.9 Å². The summed E-state index contributed by atoms with van der Waals surface area (Å²) >= 11 is 0. The third kappa shape index (κ3) is 5.26. The fourth-order valence-corrected chi connectivity index (χ4v) is 6.03. The zero-order chi connectivity index (χ0) is 27.3. The van der Waals surface area contributed by atoms with Crippen LogP contribution in [0.4, 0.5) is 0 Å². The summed E-state index contributed by atoms with van der Waals surface area (Å²) in [7, 11) is 0. The second-order valence-electron chi connectivity index (χ2n) is 10.7. The summed E-state index contributed by atoms with van der Waals surface area (Å²) in [6.45, 7) is 8.97. The van der Waals surface area contributed by atoms with Gasteiger partial charge < -0.3 is 0 Å². The van der Waals surface area contributed by atoms with Gasteiger partial charge in [-0.25, -0.2) is 0 Å². The van der Waals surface area contributed by atoms with E-state index in [0.717, 1.165) is 23.1 Å². The van der Waals surface area contributed by atoms with E-state index in [2.05, 4.69) is 165 Å². The average molecular weight is 515 g/mol. The van der Waals surface area contributed by atoms with Crippen LogP contribution in [-0.2, 0) is 0 Å². The van der Waals surface area contributed by atoms with E-state index in [1.165, 1.54) is 33.0 Å². The lowest BCUT2D eigenvalue weighted by atomic mass is 9.76. The van der Waals surface area contributed by atoms with Crippen LogP contribution in [0.1, 0.15) is 29.0 Å². The number of allylic oxidation sites excluding steroid dienone is 14. The highest BCUT2D eigenvalue weighted by Gasteiger charge is 2.24. The fraction of sp³-hybridized carbons (Fsp3) is 0.100. The summed E-state index contributed by atoms with van der Waals surface area (Å²) in [6, 6.07) is 32.4. The second-order valence-corrected chi connectivity index (χ2v) is 10.7. The van der Waals surface area contributed by atoms with Crippen molar-refractivity contribution in [3.8, 4) is 0 Å². The van der Waals surface area contributed by atoms with Crippen molar-refractivity contribution < 1.29 is 0 Å². The Morgan fingerprint density at radius 3 is 2.23 bits per heavy atom. The maximum Gasteiger partial charge on any atom is 0.0125 e. The molecule has 3 unspecified atom stereocenters. The van der Waals surface area contributed by atoms with Gasteiger partial charge in [0.05, 0.1) is 0 Å². The molecule has 0 aromatic heterocycles. The van der Waals surface area contributed by atoms with Gasteiger partial charge in [-0.1, -0.05) is 165 Å². The standard InChI is InChI=1S/C40H34/c1-29-25-26-33(31-15-6-5-7-16-31)28-34(29)27-30(2)35-19-8-3-4-9-21-40(39-23-13-12-22-37(35)39)38-24-14-18-32-17-10-11-20-36(32)38/h3-27,32-33,36H,1-2,28H2. The smallest absolute Gasteiger partial charge is 0.0125 e. The molecule has 0 N–H and O–H groups in total. The van der Waals surface area contributed by atoms with Gasteiger partial charge in [-0.05, 0) is 56.2 Å². The highest BCUT2D eigenvalue weighted by Crippen LogP contribution is 2.40. The molecule has 194 valence electrons. The molecule has 40 heavy (non-hydrogen) atoms. The van der Waals surface area contributed by atoms with Gasteiger partial charge >= 0.3 is 0 Å². The Hall–Kier alpha value is -4.68. The van der Waals surface area contributed by atoms with Gasteiger partial charge in [0.25, 0.3) is 0 Å². The van der Waals surface area contributed by atoms with Gasteiger partial charge in [-0.3, -0.25) is 0 Å². The van der Waals surface area contributed by atoms with Crippen LogP contribution in [0, 0.1) is 11.8 Å². The van der Waals surface area contributed by atoms with Gasteiger partial charge in [0.15, 0.2) is 0 Å². The molecule has 0 radical (unpaired) electrons. The van der Waals surface area contributed by atoms with Crippen molar-refractivity contribution in [2.75, 3.05) is 0 Å². The number of rotatable bonds is 4. The molecule has 3 aliphatic rings. The van der Waals surface area contributed by atoms with E-state index in [9.17, 15) is 0 Å². The summed E-state index contributed by atoms with van der Waals surface area (Å²) in [5.41, 5.74) is 8.34. The zero-order valence-corrected chi connectivity index (χ0v) is 22.8. The molecule has 3 aromatic carbocycles. The average Bonchev–Trinajstić information content (AvgIpc) is 3.00.